The second-order valence-electron chi connectivity index (χ2n) is 8.14. The minimum atomic E-state index is -4.49. The highest BCUT2D eigenvalue weighted by Gasteiger charge is 2.31. The number of carbonyl (C=O) groups is 2. The zero-order chi connectivity index (χ0) is 25.2. The maximum atomic E-state index is 12.9. The molecule has 9 nitrogen and oxygen atoms in total. The lowest BCUT2D eigenvalue weighted by molar-refractivity contribution is -0.137. The molecular weight excluding hydrogens is 467 g/mol. The molecule has 1 fully saturated rings. The Bertz CT molecular complexity index is 1230. The highest BCUT2D eigenvalue weighted by atomic mass is 19.4. The molecule has 3 aromatic rings. The smallest absolute Gasteiger partial charge is 0.416 e. The van der Waals surface area contributed by atoms with E-state index in [1.807, 2.05) is 13.0 Å². The van der Waals surface area contributed by atoms with E-state index >= 15 is 0 Å². The summed E-state index contributed by atoms with van der Waals surface area (Å²) >= 11 is 0. The van der Waals surface area contributed by atoms with E-state index in [1.54, 1.807) is 23.1 Å². The largest absolute Gasteiger partial charge is 0.476 e. The second kappa shape index (κ2) is 9.74. The van der Waals surface area contributed by atoms with Gasteiger partial charge in [0.15, 0.2) is 5.69 Å². The Balaban J connectivity index is 1.37. The van der Waals surface area contributed by atoms with Crippen molar-refractivity contribution < 1.29 is 32.6 Å². The Hall–Kier alpha value is -3.93. The number of ether oxygens (including phenoxy) is 1. The van der Waals surface area contributed by atoms with E-state index in [0.717, 1.165) is 28.6 Å². The molecule has 1 aliphatic heterocycles. The number of pyridine rings is 1. The van der Waals surface area contributed by atoms with Gasteiger partial charge >= 0.3 is 18.2 Å². The number of piperazine rings is 1. The van der Waals surface area contributed by atoms with Gasteiger partial charge in [0.05, 0.1) is 5.56 Å². The summed E-state index contributed by atoms with van der Waals surface area (Å²) in [5, 5.41) is 12.8. The second-order valence-corrected chi connectivity index (χ2v) is 8.14. The van der Waals surface area contributed by atoms with Gasteiger partial charge < -0.3 is 14.7 Å². The van der Waals surface area contributed by atoms with Crippen molar-refractivity contribution in [1.82, 2.24) is 24.6 Å². The molecule has 4 rings (SSSR count). The first-order chi connectivity index (χ1) is 16.6. The predicted octanol–water partition coefficient (Wildman–Crippen LogP) is 3.96. The number of nitrogens with zero attached hydrogens (tertiary/aromatic N) is 5. The van der Waals surface area contributed by atoms with E-state index in [-0.39, 0.29) is 17.6 Å². The molecule has 1 atom stereocenters. The van der Waals surface area contributed by atoms with Gasteiger partial charge in [0.1, 0.15) is 5.75 Å². The zero-order valence-corrected chi connectivity index (χ0v) is 18.6. The summed E-state index contributed by atoms with van der Waals surface area (Å²) in [6.45, 7) is 4.00. The molecule has 1 aliphatic rings. The normalized spacial score (nSPS) is 16.8. The number of aromatic nitrogens is 3. The van der Waals surface area contributed by atoms with Crippen molar-refractivity contribution >= 4 is 12.0 Å². The van der Waals surface area contributed by atoms with Crippen LogP contribution in [0.1, 0.15) is 28.5 Å². The molecule has 12 heteroatoms. The third kappa shape index (κ3) is 5.77. The molecule has 1 saturated heterocycles. The van der Waals surface area contributed by atoms with Gasteiger partial charge in [-0.2, -0.15) is 23.0 Å². The number of carboxylic acids is 1. The topological polar surface area (TPSA) is 101 Å². The summed E-state index contributed by atoms with van der Waals surface area (Å²) in [6, 6.07) is 9.46. The Morgan fingerprint density at radius 2 is 1.97 bits per heavy atom. The Morgan fingerprint density at radius 3 is 2.66 bits per heavy atom. The van der Waals surface area contributed by atoms with Crippen LogP contribution >= 0.6 is 0 Å². The van der Waals surface area contributed by atoms with Crippen LogP contribution in [-0.2, 0) is 12.7 Å². The zero-order valence-electron chi connectivity index (χ0n) is 18.6. The molecule has 0 radical (unpaired) electrons. The van der Waals surface area contributed by atoms with Gasteiger partial charge in [-0.25, -0.2) is 14.6 Å². The van der Waals surface area contributed by atoms with Crippen LogP contribution in [0.2, 0.25) is 0 Å². The first-order valence-corrected chi connectivity index (χ1v) is 10.7. The molecule has 2 aromatic heterocycles. The maximum Gasteiger partial charge on any atom is 0.416 e. The number of amides is 1. The van der Waals surface area contributed by atoms with E-state index in [2.05, 4.69) is 15.0 Å². The predicted molar refractivity (Wildman–Crippen MR) is 117 cm³/mol. The third-order valence-corrected chi connectivity index (χ3v) is 5.55. The van der Waals surface area contributed by atoms with Crippen molar-refractivity contribution in [3.63, 3.8) is 0 Å². The first-order valence-electron chi connectivity index (χ1n) is 10.7. The number of aromatic carboxylic acids is 1. The van der Waals surface area contributed by atoms with Gasteiger partial charge in [0.25, 0.3) is 0 Å². The molecule has 1 amide bonds. The fourth-order valence-corrected chi connectivity index (χ4v) is 3.86. The van der Waals surface area contributed by atoms with Crippen molar-refractivity contribution in [3.8, 4) is 11.6 Å². The van der Waals surface area contributed by atoms with Crippen molar-refractivity contribution in [2.45, 2.75) is 25.7 Å². The molecule has 0 bridgehead atoms. The van der Waals surface area contributed by atoms with Crippen LogP contribution in [0, 0.1) is 0 Å². The monoisotopic (exact) mass is 489 g/mol. The SMILES string of the molecule is CC1CN(Cc2cccc(Oc3cc(C(F)(F)F)ccn3)c2)CCN1C(=O)n1ccc(C(=O)O)n1. The lowest BCUT2D eigenvalue weighted by Crippen LogP contribution is -2.54. The Labute approximate surface area is 198 Å². The molecule has 0 aliphatic carbocycles. The minimum absolute atomic E-state index is 0.150. The molecule has 35 heavy (non-hydrogen) atoms. The summed E-state index contributed by atoms with van der Waals surface area (Å²) in [5.41, 5.74) is -0.152. The van der Waals surface area contributed by atoms with Gasteiger partial charge in [-0.05, 0) is 36.8 Å². The van der Waals surface area contributed by atoms with Crippen LogP contribution in [0.25, 0.3) is 0 Å². The number of halogens is 3. The fraction of sp³-hybridized carbons (Fsp3) is 0.304. The summed E-state index contributed by atoms with van der Waals surface area (Å²) < 4.78 is 45.4. The number of rotatable bonds is 5. The molecule has 1 unspecified atom stereocenters. The number of carbonyl (C=O) groups excluding carboxylic acids is 1. The highest BCUT2D eigenvalue weighted by Crippen LogP contribution is 2.31. The summed E-state index contributed by atoms with van der Waals surface area (Å²) in [6.07, 6.45) is -2.11. The number of hydrogen-bond donors (Lipinski definition) is 1. The van der Waals surface area contributed by atoms with Crippen molar-refractivity contribution in [1.29, 1.82) is 0 Å². The van der Waals surface area contributed by atoms with E-state index in [9.17, 15) is 22.8 Å². The van der Waals surface area contributed by atoms with Crippen LogP contribution in [0.5, 0.6) is 11.6 Å². The van der Waals surface area contributed by atoms with Gasteiger partial charge in [-0.15, -0.1) is 0 Å². The lowest BCUT2D eigenvalue weighted by Gasteiger charge is -2.39. The van der Waals surface area contributed by atoms with Crippen molar-refractivity contribution in [3.05, 3.63) is 71.7 Å². The summed E-state index contributed by atoms with van der Waals surface area (Å²) in [7, 11) is 0. The standard InChI is InChI=1S/C23H22F3N5O4/c1-15-13-29(9-10-30(15)22(34)31-8-6-19(28-31)21(32)33)14-16-3-2-4-18(11-16)35-20-12-17(5-7-27-20)23(24,25)26/h2-8,11-12,15H,9-10,13-14H2,1H3,(H,32,33). The van der Waals surface area contributed by atoms with Crippen LogP contribution in [-0.4, -0.2) is 67.3 Å². The Kier molecular flexibility index (Phi) is 6.74. The van der Waals surface area contributed by atoms with E-state index in [4.69, 9.17) is 9.84 Å². The fourth-order valence-electron chi connectivity index (χ4n) is 3.86. The average molecular weight is 489 g/mol. The van der Waals surface area contributed by atoms with E-state index in [1.165, 1.54) is 12.3 Å². The number of carboxylic acid groups (broad SMARTS) is 1. The first kappa shape index (κ1) is 24.2. The van der Waals surface area contributed by atoms with Gasteiger partial charge in [-0.1, -0.05) is 12.1 Å². The minimum Gasteiger partial charge on any atom is -0.476 e. The number of hydrogen-bond acceptors (Lipinski definition) is 6. The summed E-state index contributed by atoms with van der Waals surface area (Å²) in [4.78, 5) is 31.4. The Morgan fingerprint density at radius 1 is 1.17 bits per heavy atom. The molecular formula is C23H22F3N5O4. The van der Waals surface area contributed by atoms with Crippen LogP contribution in [0.15, 0.2) is 54.9 Å². The number of alkyl halides is 3. The number of benzene rings is 1. The maximum absolute atomic E-state index is 12.9. The summed E-state index contributed by atoms with van der Waals surface area (Å²) in [5.74, 6) is -0.990. The molecule has 0 saturated carbocycles. The quantitative estimate of drug-likeness (QED) is 0.579. The highest BCUT2D eigenvalue weighted by molar-refractivity contribution is 5.86. The molecule has 1 aromatic carbocycles. The van der Waals surface area contributed by atoms with Gasteiger partial charge in [0, 0.05) is 50.7 Å². The molecule has 0 spiro atoms. The van der Waals surface area contributed by atoms with Gasteiger partial charge in [0.2, 0.25) is 5.88 Å². The van der Waals surface area contributed by atoms with E-state index < -0.39 is 23.7 Å². The van der Waals surface area contributed by atoms with E-state index in [0.29, 0.717) is 31.9 Å². The average Bonchev–Trinajstić information content (AvgIpc) is 3.30. The third-order valence-electron chi connectivity index (χ3n) is 5.55. The lowest BCUT2D eigenvalue weighted by atomic mass is 10.1. The van der Waals surface area contributed by atoms with Crippen LogP contribution < -0.4 is 4.74 Å². The van der Waals surface area contributed by atoms with Gasteiger partial charge in [-0.3, -0.25) is 4.90 Å². The molecule has 1 N–H and O–H groups in total. The van der Waals surface area contributed by atoms with Crippen LogP contribution in [0.3, 0.4) is 0 Å². The molecule has 184 valence electrons. The van der Waals surface area contributed by atoms with Crippen molar-refractivity contribution in [2.24, 2.45) is 0 Å². The van der Waals surface area contributed by atoms with Crippen LogP contribution in [0.4, 0.5) is 18.0 Å². The molecule has 3 heterocycles. The van der Waals surface area contributed by atoms with Crippen molar-refractivity contribution in [2.75, 3.05) is 19.6 Å².